The number of hydrogen-bond acceptors (Lipinski definition) is 3. The van der Waals surface area contributed by atoms with Crippen molar-refractivity contribution in [3.8, 4) is 0 Å². The van der Waals surface area contributed by atoms with Gasteiger partial charge in [0.15, 0.2) is 0 Å². The molecule has 0 unspecified atom stereocenters. The number of benzene rings is 2. The minimum Gasteiger partial charge on any atom is -0.375 e. The Morgan fingerprint density at radius 1 is 1.23 bits per heavy atom. The van der Waals surface area contributed by atoms with E-state index in [1.54, 1.807) is 18.9 Å². The Morgan fingerprint density at radius 3 is 2.59 bits per heavy atom. The van der Waals surface area contributed by atoms with Gasteiger partial charge in [0.05, 0.1) is 5.56 Å². The van der Waals surface area contributed by atoms with Crippen LogP contribution in [-0.4, -0.2) is 25.8 Å². The lowest BCUT2D eigenvalue weighted by molar-refractivity contribution is 0.0826. The fraction of sp³-hybridized carbons (Fsp3) is 0.235. The maximum Gasteiger partial charge on any atom is 0.252 e. The Morgan fingerprint density at radius 2 is 1.91 bits per heavy atom. The largest absolute Gasteiger partial charge is 0.375 e. The molecule has 3 nitrogen and oxygen atoms in total. The fourth-order valence-electron chi connectivity index (χ4n) is 2.17. The second-order valence-corrected chi connectivity index (χ2v) is 5.91. The van der Waals surface area contributed by atoms with Crippen LogP contribution in [0.3, 0.4) is 0 Å². The summed E-state index contributed by atoms with van der Waals surface area (Å²) in [5, 5.41) is 3.55. The first-order valence-corrected chi connectivity index (χ1v) is 8.46. The number of carbonyl (C=O) groups is 1. The Kier molecular flexibility index (Phi) is 6.31. The smallest absolute Gasteiger partial charge is 0.252 e. The highest BCUT2D eigenvalue weighted by Crippen LogP contribution is 2.25. The summed E-state index contributed by atoms with van der Waals surface area (Å²) in [5.41, 5.74) is 1.54. The van der Waals surface area contributed by atoms with Crippen LogP contribution in [0.2, 0.25) is 5.02 Å². The third-order valence-corrected chi connectivity index (χ3v) is 4.48. The van der Waals surface area contributed by atoms with Gasteiger partial charge in [0.1, 0.15) is 6.10 Å². The molecule has 0 spiro atoms. The molecule has 2 rings (SSSR count). The van der Waals surface area contributed by atoms with E-state index in [1.165, 1.54) is 0 Å². The van der Waals surface area contributed by atoms with E-state index in [-0.39, 0.29) is 12.0 Å². The SMILES string of the molecule is CO[C@@H](CNC(=O)c1ccccc1SC)c1ccccc1Cl. The Hall–Kier alpha value is -1.49. The minimum absolute atomic E-state index is 0.112. The quantitative estimate of drug-likeness (QED) is 0.805. The van der Waals surface area contributed by atoms with Crippen LogP contribution in [0.25, 0.3) is 0 Å². The maximum absolute atomic E-state index is 12.3. The van der Waals surface area contributed by atoms with Gasteiger partial charge in [-0.15, -0.1) is 11.8 Å². The van der Waals surface area contributed by atoms with Gasteiger partial charge in [-0.3, -0.25) is 4.79 Å². The van der Waals surface area contributed by atoms with Gasteiger partial charge in [0, 0.05) is 29.1 Å². The van der Waals surface area contributed by atoms with Gasteiger partial charge >= 0.3 is 0 Å². The second-order valence-electron chi connectivity index (χ2n) is 4.66. The molecule has 1 amide bonds. The van der Waals surface area contributed by atoms with E-state index in [4.69, 9.17) is 16.3 Å². The van der Waals surface area contributed by atoms with Gasteiger partial charge in [-0.25, -0.2) is 0 Å². The number of halogens is 1. The topological polar surface area (TPSA) is 38.3 Å². The third-order valence-electron chi connectivity index (χ3n) is 3.34. The van der Waals surface area contributed by atoms with Gasteiger partial charge in [0.2, 0.25) is 0 Å². The number of rotatable bonds is 6. The molecule has 0 saturated heterocycles. The number of carbonyl (C=O) groups excluding carboxylic acids is 1. The zero-order valence-corrected chi connectivity index (χ0v) is 14.1. The van der Waals surface area contributed by atoms with Crippen LogP contribution in [0.5, 0.6) is 0 Å². The Labute approximate surface area is 140 Å². The maximum atomic E-state index is 12.3. The van der Waals surface area contributed by atoms with Crippen LogP contribution >= 0.6 is 23.4 Å². The van der Waals surface area contributed by atoms with Crippen LogP contribution < -0.4 is 5.32 Å². The Bertz CT molecular complexity index is 648. The van der Waals surface area contributed by atoms with Crippen molar-refractivity contribution in [3.05, 3.63) is 64.7 Å². The first-order chi connectivity index (χ1) is 10.7. The number of nitrogens with one attached hydrogen (secondary N) is 1. The highest BCUT2D eigenvalue weighted by molar-refractivity contribution is 7.98. The van der Waals surface area contributed by atoms with Crippen molar-refractivity contribution < 1.29 is 9.53 Å². The van der Waals surface area contributed by atoms with Crippen molar-refractivity contribution in [1.82, 2.24) is 5.32 Å². The van der Waals surface area contributed by atoms with Gasteiger partial charge in [-0.1, -0.05) is 41.9 Å². The molecule has 0 aliphatic carbocycles. The molecule has 1 N–H and O–H groups in total. The lowest BCUT2D eigenvalue weighted by Gasteiger charge is -2.18. The standard InChI is InChI=1S/C17H18ClNO2S/c1-21-15(12-7-3-5-9-14(12)18)11-19-17(20)13-8-4-6-10-16(13)22-2/h3-10,15H,11H2,1-2H3,(H,19,20)/t15-/m0/s1. The molecule has 1 atom stereocenters. The molecule has 0 fully saturated rings. The molecule has 0 saturated carbocycles. The molecule has 0 bridgehead atoms. The number of ether oxygens (including phenoxy) is 1. The summed E-state index contributed by atoms with van der Waals surface area (Å²) < 4.78 is 5.46. The second kappa shape index (κ2) is 8.22. The minimum atomic E-state index is -0.279. The summed E-state index contributed by atoms with van der Waals surface area (Å²) in [5.74, 6) is -0.112. The average Bonchev–Trinajstić information content (AvgIpc) is 2.56. The van der Waals surface area contributed by atoms with Crippen molar-refractivity contribution >= 4 is 29.3 Å². The predicted molar refractivity (Wildman–Crippen MR) is 91.8 cm³/mol. The molecule has 22 heavy (non-hydrogen) atoms. The zero-order chi connectivity index (χ0) is 15.9. The highest BCUT2D eigenvalue weighted by atomic mass is 35.5. The van der Waals surface area contributed by atoms with E-state index in [0.717, 1.165) is 10.5 Å². The van der Waals surface area contributed by atoms with Crippen molar-refractivity contribution in [2.75, 3.05) is 19.9 Å². The summed E-state index contributed by atoms with van der Waals surface area (Å²) in [7, 11) is 1.61. The van der Waals surface area contributed by atoms with Gasteiger partial charge in [-0.05, 0) is 24.5 Å². The Balaban J connectivity index is 2.08. The molecular formula is C17H18ClNO2S. The van der Waals surface area contributed by atoms with Crippen molar-refractivity contribution in [3.63, 3.8) is 0 Å². The van der Waals surface area contributed by atoms with E-state index < -0.39 is 0 Å². The molecule has 0 radical (unpaired) electrons. The van der Waals surface area contributed by atoms with Crippen molar-refractivity contribution in [1.29, 1.82) is 0 Å². The molecular weight excluding hydrogens is 318 g/mol. The summed E-state index contributed by atoms with van der Waals surface area (Å²) in [6, 6.07) is 15.0. The molecule has 0 aromatic heterocycles. The van der Waals surface area contributed by atoms with E-state index in [2.05, 4.69) is 5.32 Å². The first kappa shape index (κ1) is 16.9. The summed E-state index contributed by atoms with van der Waals surface area (Å²) in [6.07, 6.45) is 1.67. The van der Waals surface area contributed by atoms with Gasteiger partial charge < -0.3 is 10.1 Å². The van der Waals surface area contributed by atoms with Crippen LogP contribution in [-0.2, 0) is 4.74 Å². The average molecular weight is 336 g/mol. The molecule has 0 aliphatic rings. The van der Waals surface area contributed by atoms with Crippen LogP contribution in [0.4, 0.5) is 0 Å². The number of hydrogen-bond donors (Lipinski definition) is 1. The van der Waals surface area contributed by atoms with Crippen LogP contribution in [0, 0.1) is 0 Å². The van der Waals surface area contributed by atoms with Gasteiger partial charge in [-0.2, -0.15) is 0 Å². The predicted octanol–water partition coefficient (Wildman–Crippen LogP) is 4.18. The van der Waals surface area contributed by atoms with Crippen LogP contribution in [0.15, 0.2) is 53.4 Å². The first-order valence-electron chi connectivity index (χ1n) is 6.85. The number of methoxy groups -OCH3 is 1. The molecule has 2 aromatic rings. The van der Waals surface area contributed by atoms with E-state index in [0.29, 0.717) is 17.1 Å². The normalized spacial score (nSPS) is 12.0. The monoisotopic (exact) mass is 335 g/mol. The number of thioether (sulfide) groups is 1. The highest BCUT2D eigenvalue weighted by Gasteiger charge is 2.16. The van der Waals surface area contributed by atoms with E-state index in [9.17, 15) is 4.79 Å². The molecule has 0 heterocycles. The zero-order valence-electron chi connectivity index (χ0n) is 12.5. The third kappa shape index (κ3) is 4.03. The fourth-order valence-corrected chi connectivity index (χ4v) is 3.02. The lowest BCUT2D eigenvalue weighted by Crippen LogP contribution is -2.29. The van der Waals surface area contributed by atoms with E-state index >= 15 is 0 Å². The summed E-state index contributed by atoms with van der Waals surface area (Å²) in [4.78, 5) is 13.3. The summed E-state index contributed by atoms with van der Waals surface area (Å²) in [6.45, 7) is 0.363. The summed E-state index contributed by atoms with van der Waals surface area (Å²) >= 11 is 7.73. The van der Waals surface area contributed by atoms with Crippen molar-refractivity contribution in [2.24, 2.45) is 0 Å². The lowest BCUT2D eigenvalue weighted by atomic mass is 10.1. The number of amides is 1. The molecule has 116 valence electrons. The molecule has 2 aromatic carbocycles. The van der Waals surface area contributed by atoms with Gasteiger partial charge in [0.25, 0.3) is 5.91 Å². The molecule has 5 heteroatoms. The van der Waals surface area contributed by atoms with Crippen molar-refractivity contribution in [2.45, 2.75) is 11.0 Å². The van der Waals surface area contributed by atoms with E-state index in [1.807, 2.05) is 54.8 Å². The van der Waals surface area contributed by atoms with Crippen LogP contribution in [0.1, 0.15) is 22.0 Å². The molecule has 0 aliphatic heterocycles.